The number of ether oxygens (including phenoxy) is 4. The minimum absolute atomic E-state index is 0.446. The van der Waals surface area contributed by atoms with Gasteiger partial charge in [-0.1, -0.05) is 43.5 Å². The molecule has 2 saturated heterocycles. The van der Waals surface area contributed by atoms with Crippen LogP contribution in [0.2, 0.25) is 0 Å². The van der Waals surface area contributed by atoms with Gasteiger partial charge in [0.05, 0.1) is 40.6 Å². The summed E-state index contributed by atoms with van der Waals surface area (Å²) >= 11 is 0. The first-order chi connectivity index (χ1) is 17.3. The predicted molar refractivity (Wildman–Crippen MR) is 139 cm³/mol. The molecular formula is C29H42N2O4. The van der Waals surface area contributed by atoms with Crippen LogP contribution in [0.3, 0.4) is 0 Å². The largest absolute Gasteiger partial charge is 0.497 e. The van der Waals surface area contributed by atoms with Gasteiger partial charge >= 0.3 is 0 Å². The summed E-state index contributed by atoms with van der Waals surface area (Å²) in [7, 11) is 3.45. The second kappa shape index (κ2) is 13.8. The third-order valence-electron chi connectivity index (χ3n) is 7.43. The lowest BCUT2D eigenvalue weighted by Crippen LogP contribution is -2.39. The van der Waals surface area contributed by atoms with E-state index in [9.17, 15) is 0 Å². The topological polar surface area (TPSA) is 43.4 Å². The molecule has 2 aromatic rings. The number of hydrogen-bond donors (Lipinski definition) is 0. The Bertz CT molecular complexity index is 774. The molecule has 0 amide bonds. The number of morpholine rings is 2. The van der Waals surface area contributed by atoms with Gasteiger partial charge in [-0.3, -0.25) is 9.80 Å². The number of methoxy groups -OCH3 is 2. The lowest BCUT2D eigenvalue weighted by molar-refractivity contribution is 0.0121. The Hall–Kier alpha value is -2.12. The molecule has 35 heavy (non-hydrogen) atoms. The monoisotopic (exact) mass is 482 g/mol. The van der Waals surface area contributed by atoms with Gasteiger partial charge in [-0.25, -0.2) is 0 Å². The van der Waals surface area contributed by atoms with E-state index in [1.54, 1.807) is 14.2 Å². The lowest BCUT2D eigenvalue weighted by atomic mass is 9.95. The smallest absolute Gasteiger partial charge is 0.118 e. The van der Waals surface area contributed by atoms with Gasteiger partial charge in [0, 0.05) is 38.3 Å². The van der Waals surface area contributed by atoms with Crippen molar-refractivity contribution in [2.75, 3.05) is 66.8 Å². The summed E-state index contributed by atoms with van der Waals surface area (Å²) in [5.74, 6) is 1.84. The van der Waals surface area contributed by atoms with Crippen LogP contribution >= 0.6 is 0 Å². The van der Waals surface area contributed by atoms with Crippen LogP contribution in [0, 0.1) is 0 Å². The Labute approximate surface area is 211 Å². The van der Waals surface area contributed by atoms with E-state index in [-0.39, 0.29) is 0 Å². The Balaban J connectivity index is 1.33. The second-order valence-electron chi connectivity index (χ2n) is 9.51. The van der Waals surface area contributed by atoms with Gasteiger partial charge in [0.15, 0.2) is 0 Å². The molecule has 0 saturated carbocycles. The highest BCUT2D eigenvalue weighted by atomic mass is 16.5. The van der Waals surface area contributed by atoms with Gasteiger partial charge in [-0.2, -0.15) is 0 Å². The molecule has 2 heterocycles. The van der Waals surface area contributed by atoms with E-state index in [1.165, 1.54) is 43.2 Å². The molecule has 0 aromatic heterocycles. The first-order valence-electron chi connectivity index (χ1n) is 13.2. The molecule has 192 valence electrons. The Morgan fingerprint density at radius 3 is 1.31 bits per heavy atom. The summed E-state index contributed by atoms with van der Waals surface area (Å²) < 4.78 is 22.0. The van der Waals surface area contributed by atoms with Gasteiger partial charge < -0.3 is 18.9 Å². The summed E-state index contributed by atoms with van der Waals surface area (Å²) in [4.78, 5) is 5.19. The first-order valence-corrected chi connectivity index (χ1v) is 13.2. The normalized spacial score (nSPS) is 19.3. The van der Waals surface area contributed by atoms with Crippen molar-refractivity contribution in [1.29, 1.82) is 0 Å². The maximum Gasteiger partial charge on any atom is 0.118 e. The molecule has 0 bridgehead atoms. The van der Waals surface area contributed by atoms with Crippen molar-refractivity contribution >= 4 is 0 Å². The van der Waals surface area contributed by atoms with Crippen molar-refractivity contribution in [2.24, 2.45) is 0 Å². The van der Waals surface area contributed by atoms with E-state index in [2.05, 4.69) is 58.3 Å². The van der Waals surface area contributed by atoms with Crippen LogP contribution < -0.4 is 9.47 Å². The van der Waals surface area contributed by atoms with E-state index in [0.717, 1.165) is 64.1 Å². The maximum atomic E-state index is 5.62. The fourth-order valence-electron chi connectivity index (χ4n) is 5.40. The fourth-order valence-corrected chi connectivity index (χ4v) is 5.40. The Morgan fingerprint density at radius 1 is 0.600 bits per heavy atom. The van der Waals surface area contributed by atoms with Crippen LogP contribution in [0.5, 0.6) is 11.5 Å². The van der Waals surface area contributed by atoms with E-state index in [4.69, 9.17) is 18.9 Å². The first kappa shape index (κ1) is 26.0. The molecule has 0 N–H and O–H groups in total. The zero-order valence-electron chi connectivity index (χ0n) is 21.5. The minimum atomic E-state index is 0.446. The fraction of sp³-hybridized carbons (Fsp3) is 0.586. The molecule has 2 aliphatic rings. The van der Waals surface area contributed by atoms with Crippen molar-refractivity contribution in [3.8, 4) is 11.5 Å². The zero-order valence-corrected chi connectivity index (χ0v) is 21.5. The summed E-state index contributed by atoms with van der Waals surface area (Å²) in [6.07, 6.45) is 6.06. The quantitative estimate of drug-likeness (QED) is 0.392. The SMILES string of the molecule is COc1ccc(C(CCCCCC(c2ccc(OC)cc2)N2CCOCC2)N2CCOCC2)cc1. The summed E-state index contributed by atoms with van der Waals surface area (Å²) in [6.45, 7) is 7.35. The van der Waals surface area contributed by atoms with Crippen LogP contribution in [0.1, 0.15) is 55.3 Å². The minimum Gasteiger partial charge on any atom is -0.497 e. The van der Waals surface area contributed by atoms with Crippen LogP contribution in [0.15, 0.2) is 48.5 Å². The van der Waals surface area contributed by atoms with E-state index < -0.39 is 0 Å². The number of hydrogen-bond acceptors (Lipinski definition) is 6. The molecule has 2 aromatic carbocycles. The highest BCUT2D eigenvalue weighted by molar-refractivity contribution is 5.30. The summed E-state index contributed by atoms with van der Waals surface area (Å²) in [5, 5.41) is 0. The van der Waals surface area contributed by atoms with Gasteiger partial charge in [-0.05, 0) is 48.2 Å². The van der Waals surface area contributed by atoms with Gasteiger partial charge in [0.1, 0.15) is 11.5 Å². The number of nitrogens with zero attached hydrogens (tertiary/aromatic N) is 2. The lowest BCUT2D eigenvalue weighted by Gasteiger charge is -2.35. The second-order valence-corrected chi connectivity index (χ2v) is 9.51. The van der Waals surface area contributed by atoms with Crippen LogP contribution in [-0.4, -0.2) is 76.6 Å². The van der Waals surface area contributed by atoms with Crippen LogP contribution in [0.25, 0.3) is 0 Å². The van der Waals surface area contributed by atoms with Gasteiger partial charge in [0.25, 0.3) is 0 Å². The Morgan fingerprint density at radius 2 is 0.971 bits per heavy atom. The standard InChI is InChI=1S/C29H42N2O4/c1-32-26-12-8-24(9-13-26)28(30-16-20-34-21-17-30)6-4-3-5-7-29(31-18-22-35-23-19-31)25-10-14-27(33-2)15-11-25/h8-15,28-29H,3-7,16-23H2,1-2H3. The summed E-state index contributed by atoms with van der Waals surface area (Å²) in [6, 6.07) is 18.2. The molecule has 6 heteroatoms. The molecule has 2 unspecified atom stereocenters. The zero-order chi connectivity index (χ0) is 24.3. The van der Waals surface area contributed by atoms with Gasteiger partial charge in [0.2, 0.25) is 0 Å². The molecule has 2 atom stereocenters. The van der Waals surface area contributed by atoms with Crippen molar-refractivity contribution in [3.63, 3.8) is 0 Å². The van der Waals surface area contributed by atoms with Crippen LogP contribution in [0.4, 0.5) is 0 Å². The number of benzene rings is 2. The van der Waals surface area contributed by atoms with E-state index in [1.807, 2.05) is 0 Å². The third-order valence-corrected chi connectivity index (χ3v) is 7.43. The molecule has 0 radical (unpaired) electrons. The van der Waals surface area contributed by atoms with Crippen molar-refractivity contribution < 1.29 is 18.9 Å². The molecule has 2 fully saturated rings. The maximum absolute atomic E-state index is 5.62. The highest BCUT2D eigenvalue weighted by Gasteiger charge is 2.24. The molecule has 4 rings (SSSR count). The number of rotatable bonds is 12. The Kier molecular flexibility index (Phi) is 10.3. The molecule has 0 spiro atoms. The van der Waals surface area contributed by atoms with Crippen LogP contribution in [-0.2, 0) is 9.47 Å². The van der Waals surface area contributed by atoms with Gasteiger partial charge in [-0.15, -0.1) is 0 Å². The van der Waals surface area contributed by atoms with Crippen molar-refractivity contribution in [3.05, 3.63) is 59.7 Å². The van der Waals surface area contributed by atoms with E-state index >= 15 is 0 Å². The van der Waals surface area contributed by atoms with Crippen molar-refractivity contribution in [1.82, 2.24) is 9.80 Å². The van der Waals surface area contributed by atoms with Crippen molar-refractivity contribution in [2.45, 2.75) is 44.2 Å². The molecule has 6 nitrogen and oxygen atoms in total. The van der Waals surface area contributed by atoms with E-state index in [0.29, 0.717) is 12.1 Å². The highest BCUT2D eigenvalue weighted by Crippen LogP contribution is 2.32. The average Bonchev–Trinajstić information content (AvgIpc) is 2.94. The molecular weight excluding hydrogens is 440 g/mol. The molecule has 2 aliphatic heterocycles. The summed E-state index contributed by atoms with van der Waals surface area (Å²) in [5.41, 5.74) is 2.77. The molecule has 0 aliphatic carbocycles. The third kappa shape index (κ3) is 7.43. The predicted octanol–water partition coefficient (Wildman–Crippen LogP) is 5.10. The average molecular weight is 483 g/mol. The number of unbranched alkanes of at least 4 members (excludes halogenated alkanes) is 2.